The van der Waals surface area contributed by atoms with E-state index in [0.717, 1.165) is 5.56 Å². The first-order chi connectivity index (χ1) is 10.2. The number of nitrogens with two attached hydrogens (primary N) is 1. The van der Waals surface area contributed by atoms with Gasteiger partial charge in [-0.3, -0.25) is 4.79 Å². The molecule has 22 heavy (non-hydrogen) atoms. The summed E-state index contributed by atoms with van der Waals surface area (Å²) in [7, 11) is 0. The number of aromatic nitrogens is 1. The standard InChI is InChI=1S/C14H11BrN2O5/c1-5-2-6(4-7(15)3-5)8-9(13(19)20)11(16)17-12(18)10(8)14(21)22/h2-4H,1H3,(H,19,20)(H,21,22)(H3,16,17,18). The lowest BCUT2D eigenvalue weighted by atomic mass is 9.94. The molecule has 8 heteroatoms. The summed E-state index contributed by atoms with van der Waals surface area (Å²) in [6, 6.07) is 4.87. The van der Waals surface area contributed by atoms with Gasteiger partial charge in [0.2, 0.25) is 0 Å². The molecule has 0 aliphatic carbocycles. The van der Waals surface area contributed by atoms with Crippen molar-refractivity contribution in [3.63, 3.8) is 0 Å². The SMILES string of the molecule is Cc1cc(Br)cc(-c2c(C(=O)O)c(N)[nH]c(=O)c2C(=O)O)c1. The summed E-state index contributed by atoms with van der Waals surface area (Å²) in [6.45, 7) is 1.76. The first kappa shape index (κ1) is 15.8. The highest BCUT2D eigenvalue weighted by Gasteiger charge is 2.26. The van der Waals surface area contributed by atoms with Crippen molar-refractivity contribution in [1.29, 1.82) is 0 Å². The van der Waals surface area contributed by atoms with Gasteiger partial charge in [0.25, 0.3) is 5.56 Å². The smallest absolute Gasteiger partial charge is 0.342 e. The maximum absolute atomic E-state index is 11.9. The quantitative estimate of drug-likeness (QED) is 0.656. The van der Waals surface area contributed by atoms with Crippen LogP contribution >= 0.6 is 15.9 Å². The number of hydrogen-bond acceptors (Lipinski definition) is 4. The normalized spacial score (nSPS) is 10.5. The van der Waals surface area contributed by atoms with Crippen LogP contribution in [0.5, 0.6) is 0 Å². The number of halogens is 1. The summed E-state index contributed by atoms with van der Waals surface area (Å²) < 4.78 is 0.619. The fourth-order valence-electron chi connectivity index (χ4n) is 2.22. The van der Waals surface area contributed by atoms with Crippen molar-refractivity contribution in [3.8, 4) is 11.1 Å². The number of carbonyl (C=O) groups is 2. The Morgan fingerprint density at radius 1 is 1.14 bits per heavy atom. The maximum Gasteiger partial charge on any atom is 0.342 e. The Morgan fingerprint density at radius 3 is 2.23 bits per heavy atom. The number of anilines is 1. The minimum absolute atomic E-state index is 0.217. The van der Waals surface area contributed by atoms with E-state index < -0.39 is 34.4 Å². The number of carboxylic acids is 2. The highest BCUT2D eigenvalue weighted by Crippen LogP contribution is 2.31. The van der Waals surface area contributed by atoms with Crippen LogP contribution in [0, 0.1) is 6.92 Å². The molecule has 7 nitrogen and oxygen atoms in total. The third kappa shape index (κ3) is 2.73. The van der Waals surface area contributed by atoms with Gasteiger partial charge in [-0.2, -0.15) is 0 Å². The average molecular weight is 367 g/mol. The first-order valence-electron chi connectivity index (χ1n) is 6.02. The predicted octanol–water partition coefficient (Wildman–Crippen LogP) is 2.09. The van der Waals surface area contributed by atoms with Crippen LogP contribution in [0.3, 0.4) is 0 Å². The van der Waals surface area contributed by atoms with E-state index in [4.69, 9.17) is 5.73 Å². The van der Waals surface area contributed by atoms with E-state index in [0.29, 0.717) is 4.47 Å². The number of aromatic amines is 1. The molecule has 0 amide bonds. The number of benzene rings is 1. The van der Waals surface area contributed by atoms with Gasteiger partial charge >= 0.3 is 11.9 Å². The highest BCUT2D eigenvalue weighted by molar-refractivity contribution is 9.10. The Morgan fingerprint density at radius 2 is 1.73 bits per heavy atom. The molecule has 1 aromatic carbocycles. The number of H-pyrrole nitrogens is 1. The number of rotatable bonds is 3. The van der Waals surface area contributed by atoms with E-state index in [1.54, 1.807) is 19.1 Å². The number of hydrogen-bond donors (Lipinski definition) is 4. The van der Waals surface area contributed by atoms with Gasteiger partial charge < -0.3 is 20.9 Å². The third-order valence-corrected chi connectivity index (χ3v) is 3.46. The Bertz CT molecular complexity index is 837. The highest BCUT2D eigenvalue weighted by atomic mass is 79.9. The van der Waals surface area contributed by atoms with Crippen molar-refractivity contribution in [2.45, 2.75) is 6.92 Å². The van der Waals surface area contributed by atoms with E-state index in [-0.39, 0.29) is 11.1 Å². The minimum atomic E-state index is -1.53. The van der Waals surface area contributed by atoms with Crippen LogP contribution in [0.2, 0.25) is 0 Å². The van der Waals surface area contributed by atoms with Gasteiger partial charge in [0.15, 0.2) is 0 Å². The molecule has 0 atom stereocenters. The van der Waals surface area contributed by atoms with E-state index >= 15 is 0 Å². The van der Waals surface area contributed by atoms with E-state index in [9.17, 15) is 24.6 Å². The van der Waals surface area contributed by atoms with Gasteiger partial charge in [0.1, 0.15) is 16.9 Å². The number of carboxylic acid groups (broad SMARTS) is 2. The molecule has 0 saturated carbocycles. The second-order valence-corrected chi connectivity index (χ2v) is 5.54. The Labute approximate surface area is 132 Å². The zero-order valence-electron chi connectivity index (χ0n) is 11.3. The van der Waals surface area contributed by atoms with Crippen molar-refractivity contribution in [3.05, 3.63) is 49.7 Å². The molecule has 0 saturated heterocycles. The predicted molar refractivity (Wildman–Crippen MR) is 83.3 cm³/mol. The van der Waals surface area contributed by atoms with Crippen LogP contribution in [-0.4, -0.2) is 27.1 Å². The molecule has 0 radical (unpaired) electrons. The number of nitrogens with one attached hydrogen (secondary N) is 1. The molecule has 1 heterocycles. The van der Waals surface area contributed by atoms with Crippen molar-refractivity contribution in [2.75, 3.05) is 5.73 Å². The second kappa shape index (κ2) is 5.64. The summed E-state index contributed by atoms with van der Waals surface area (Å²) in [5.41, 5.74) is 4.32. The van der Waals surface area contributed by atoms with Crippen LogP contribution in [0.25, 0.3) is 11.1 Å². The van der Waals surface area contributed by atoms with Crippen molar-refractivity contribution >= 4 is 33.7 Å². The lowest BCUT2D eigenvalue weighted by Gasteiger charge is -2.13. The zero-order chi connectivity index (χ0) is 16.6. The molecule has 0 unspecified atom stereocenters. The summed E-state index contributed by atoms with van der Waals surface area (Å²) in [5, 5.41) is 18.6. The fourth-order valence-corrected chi connectivity index (χ4v) is 2.82. The van der Waals surface area contributed by atoms with E-state index in [1.807, 2.05) is 0 Å². The molecule has 2 aromatic rings. The van der Waals surface area contributed by atoms with Gasteiger partial charge in [-0.05, 0) is 30.2 Å². The zero-order valence-corrected chi connectivity index (χ0v) is 12.9. The molecule has 0 aliphatic heterocycles. The van der Waals surface area contributed by atoms with E-state index in [1.165, 1.54) is 6.07 Å². The second-order valence-electron chi connectivity index (χ2n) is 4.62. The molecular weight excluding hydrogens is 356 g/mol. The average Bonchev–Trinajstić information content (AvgIpc) is 2.35. The Hall–Kier alpha value is -2.61. The van der Waals surface area contributed by atoms with Crippen LogP contribution in [0.4, 0.5) is 5.82 Å². The molecule has 5 N–H and O–H groups in total. The monoisotopic (exact) mass is 366 g/mol. The lowest BCUT2D eigenvalue weighted by molar-refractivity contribution is 0.0695. The molecular formula is C14H11BrN2O5. The fraction of sp³-hybridized carbons (Fsp3) is 0.0714. The molecule has 0 bridgehead atoms. The number of nitrogen functional groups attached to an aromatic ring is 1. The van der Waals surface area contributed by atoms with Gasteiger partial charge in [0, 0.05) is 10.0 Å². The number of aromatic carboxylic acids is 2. The Kier molecular flexibility index (Phi) is 4.05. The molecule has 0 fully saturated rings. The van der Waals surface area contributed by atoms with E-state index in [2.05, 4.69) is 20.9 Å². The summed E-state index contributed by atoms with van der Waals surface area (Å²) in [4.78, 5) is 36.8. The minimum Gasteiger partial charge on any atom is -0.478 e. The maximum atomic E-state index is 11.9. The van der Waals surface area contributed by atoms with Gasteiger partial charge in [-0.15, -0.1) is 0 Å². The van der Waals surface area contributed by atoms with Crippen LogP contribution in [0.15, 0.2) is 27.5 Å². The molecule has 0 aliphatic rings. The van der Waals surface area contributed by atoms with Gasteiger partial charge in [-0.1, -0.05) is 22.0 Å². The van der Waals surface area contributed by atoms with Crippen LogP contribution in [0.1, 0.15) is 26.3 Å². The third-order valence-electron chi connectivity index (χ3n) is 3.00. The number of aryl methyl sites for hydroxylation is 1. The topological polar surface area (TPSA) is 133 Å². The van der Waals surface area contributed by atoms with Crippen LogP contribution < -0.4 is 11.3 Å². The van der Waals surface area contributed by atoms with Gasteiger partial charge in [0.05, 0.1) is 0 Å². The van der Waals surface area contributed by atoms with Crippen molar-refractivity contribution in [1.82, 2.24) is 4.98 Å². The Balaban J connectivity index is 3.02. The molecule has 1 aromatic heterocycles. The van der Waals surface area contributed by atoms with Crippen molar-refractivity contribution < 1.29 is 19.8 Å². The van der Waals surface area contributed by atoms with Crippen LogP contribution in [-0.2, 0) is 0 Å². The molecule has 114 valence electrons. The largest absolute Gasteiger partial charge is 0.478 e. The number of pyridine rings is 1. The molecule has 0 spiro atoms. The summed E-state index contributed by atoms with van der Waals surface area (Å²) in [6.07, 6.45) is 0. The summed E-state index contributed by atoms with van der Waals surface area (Å²) in [5.74, 6) is -3.35. The summed E-state index contributed by atoms with van der Waals surface area (Å²) >= 11 is 3.26. The van der Waals surface area contributed by atoms with Crippen molar-refractivity contribution in [2.24, 2.45) is 0 Å². The lowest BCUT2D eigenvalue weighted by Crippen LogP contribution is -2.24. The first-order valence-corrected chi connectivity index (χ1v) is 6.81. The van der Waals surface area contributed by atoms with Gasteiger partial charge in [-0.25, -0.2) is 9.59 Å². The molecule has 2 rings (SSSR count).